The van der Waals surface area contributed by atoms with Crippen LogP contribution in [0.2, 0.25) is 0 Å². The number of rotatable bonds is 8. The highest BCUT2D eigenvalue weighted by molar-refractivity contribution is 7.99. The van der Waals surface area contributed by atoms with Gasteiger partial charge in [0.05, 0.1) is 6.61 Å². The molecule has 1 aromatic heterocycles. The third kappa shape index (κ3) is 4.51. The Labute approximate surface area is 167 Å². The van der Waals surface area contributed by atoms with E-state index >= 15 is 0 Å². The molecule has 0 aliphatic carbocycles. The van der Waals surface area contributed by atoms with E-state index in [1.165, 1.54) is 11.8 Å². The molecule has 0 spiro atoms. The smallest absolute Gasteiger partial charge is 0.220 e. The summed E-state index contributed by atoms with van der Waals surface area (Å²) in [4.78, 5) is 11.1. The molecule has 0 amide bonds. The number of nitrogens with zero attached hydrogens (tertiary/aromatic N) is 4. The lowest BCUT2D eigenvalue weighted by molar-refractivity contribution is -0.479. The largest absolute Gasteiger partial charge is 0.494 e. The molecule has 28 heavy (non-hydrogen) atoms. The van der Waals surface area contributed by atoms with Gasteiger partial charge < -0.3 is 4.74 Å². The molecule has 3 rings (SSSR count). The minimum atomic E-state index is -0.454. The van der Waals surface area contributed by atoms with Crippen molar-refractivity contribution in [2.45, 2.75) is 31.2 Å². The molecule has 1 heterocycles. The molecule has 7 nitrogen and oxygen atoms in total. The van der Waals surface area contributed by atoms with Crippen LogP contribution in [0.1, 0.15) is 29.1 Å². The van der Waals surface area contributed by atoms with Gasteiger partial charge in [-0.15, -0.1) is 10.2 Å². The van der Waals surface area contributed by atoms with E-state index in [0.717, 1.165) is 22.6 Å². The van der Waals surface area contributed by atoms with E-state index in [-0.39, 0.29) is 11.5 Å². The van der Waals surface area contributed by atoms with Crippen molar-refractivity contribution in [1.29, 1.82) is 0 Å². The zero-order valence-electron chi connectivity index (χ0n) is 16.0. The fourth-order valence-electron chi connectivity index (χ4n) is 2.98. The normalized spacial score (nSPS) is 12.0. The van der Waals surface area contributed by atoms with Crippen molar-refractivity contribution in [2.24, 2.45) is 0 Å². The van der Waals surface area contributed by atoms with Gasteiger partial charge >= 0.3 is 0 Å². The maximum atomic E-state index is 11.4. The fourth-order valence-corrected chi connectivity index (χ4v) is 4.18. The summed E-state index contributed by atoms with van der Waals surface area (Å²) in [5, 5.41) is 20.0. The Morgan fingerprint density at radius 1 is 1.18 bits per heavy atom. The second-order valence-corrected chi connectivity index (χ2v) is 7.47. The van der Waals surface area contributed by atoms with E-state index in [9.17, 15) is 10.1 Å². The molecule has 0 unspecified atom stereocenters. The van der Waals surface area contributed by atoms with Gasteiger partial charge in [-0.05, 0) is 44.5 Å². The Bertz CT molecular complexity index is 974. The Morgan fingerprint density at radius 2 is 1.96 bits per heavy atom. The summed E-state index contributed by atoms with van der Waals surface area (Å²) in [6.07, 6.45) is 0. The van der Waals surface area contributed by atoms with Gasteiger partial charge in [-0.25, -0.2) is 0 Å². The van der Waals surface area contributed by atoms with E-state index in [2.05, 4.69) is 10.2 Å². The summed E-state index contributed by atoms with van der Waals surface area (Å²) in [6, 6.07) is 15.4. The lowest BCUT2D eigenvalue weighted by atomic mass is 10.1. The van der Waals surface area contributed by atoms with Crippen LogP contribution < -0.4 is 4.74 Å². The topological polar surface area (TPSA) is 83.1 Å². The predicted octanol–water partition coefficient (Wildman–Crippen LogP) is 4.39. The molecule has 0 bridgehead atoms. The maximum Gasteiger partial charge on any atom is 0.220 e. The molecule has 146 valence electrons. The number of benzene rings is 2. The molecule has 0 radical (unpaired) electrons. The Balaban J connectivity index is 2.01. The number of aromatic nitrogens is 3. The highest BCUT2D eigenvalue weighted by Gasteiger charge is 2.26. The first kappa shape index (κ1) is 19.9. The first-order valence-corrected chi connectivity index (χ1v) is 9.86. The van der Waals surface area contributed by atoms with Crippen LogP contribution in [0.5, 0.6) is 5.75 Å². The monoisotopic (exact) mass is 398 g/mol. The van der Waals surface area contributed by atoms with E-state index < -0.39 is 5.25 Å². The quantitative estimate of drug-likeness (QED) is 0.318. The molecule has 0 saturated carbocycles. The number of hydrogen-bond acceptors (Lipinski definition) is 6. The van der Waals surface area contributed by atoms with Crippen LogP contribution in [-0.2, 0) is 0 Å². The van der Waals surface area contributed by atoms with Gasteiger partial charge in [0.1, 0.15) is 16.8 Å². The SMILES string of the molecule is CCOc1ccccc1[C@H](C[N+](=O)[O-])Sc1nnc(C)n1-c1cccc(C)c1. The second kappa shape index (κ2) is 8.88. The molecule has 0 aliphatic rings. The number of aryl methyl sites for hydroxylation is 2. The molecule has 0 fully saturated rings. The average Bonchev–Trinajstić information content (AvgIpc) is 3.02. The van der Waals surface area contributed by atoms with Crippen LogP contribution in [0, 0.1) is 24.0 Å². The number of nitro groups is 1. The lowest BCUT2D eigenvalue weighted by Gasteiger charge is -2.17. The van der Waals surface area contributed by atoms with Gasteiger partial charge in [0.15, 0.2) is 5.16 Å². The van der Waals surface area contributed by atoms with Crippen molar-refractivity contribution in [1.82, 2.24) is 14.8 Å². The van der Waals surface area contributed by atoms with Crippen LogP contribution in [0.4, 0.5) is 0 Å². The molecule has 1 atom stereocenters. The summed E-state index contributed by atoms with van der Waals surface area (Å²) in [5.74, 6) is 1.38. The summed E-state index contributed by atoms with van der Waals surface area (Å²) in [6.45, 7) is 6.03. The number of ether oxygens (including phenoxy) is 1. The van der Waals surface area contributed by atoms with Crippen molar-refractivity contribution in [3.63, 3.8) is 0 Å². The van der Waals surface area contributed by atoms with Gasteiger partial charge in [-0.3, -0.25) is 14.7 Å². The van der Waals surface area contributed by atoms with E-state index in [0.29, 0.717) is 17.5 Å². The molecule has 3 aromatic rings. The molecule has 0 aliphatic heterocycles. The van der Waals surface area contributed by atoms with Gasteiger partial charge in [-0.1, -0.05) is 42.1 Å². The molecule has 0 saturated heterocycles. The van der Waals surface area contributed by atoms with Gasteiger partial charge in [0.2, 0.25) is 6.54 Å². The van der Waals surface area contributed by atoms with Gasteiger partial charge in [0.25, 0.3) is 0 Å². The third-order valence-corrected chi connectivity index (χ3v) is 5.35. The highest BCUT2D eigenvalue weighted by Crippen LogP contribution is 2.39. The predicted molar refractivity (Wildman–Crippen MR) is 109 cm³/mol. The Morgan fingerprint density at radius 3 is 2.68 bits per heavy atom. The summed E-state index contributed by atoms with van der Waals surface area (Å²) >= 11 is 1.33. The number of para-hydroxylation sites is 1. The lowest BCUT2D eigenvalue weighted by Crippen LogP contribution is -2.12. The Hall–Kier alpha value is -2.87. The minimum absolute atomic E-state index is 0.242. The average molecular weight is 398 g/mol. The molecule has 0 N–H and O–H groups in total. The molecular formula is C20H22N4O3S. The molecule has 8 heteroatoms. The molecular weight excluding hydrogens is 376 g/mol. The van der Waals surface area contributed by atoms with Crippen molar-refractivity contribution in [2.75, 3.05) is 13.2 Å². The first-order chi connectivity index (χ1) is 13.5. The zero-order valence-corrected chi connectivity index (χ0v) is 16.8. The fraction of sp³-hybridized carbons (Fsp3) is 0.300. The van der Waals surface area contributed by atoms with Crippen molar-refractivity contribution < 1.29 is 9.66 Å². The van der Waals surface area contributed by atoms with E-state index in [1.807, 2.05) is 73.9 Å². The maximum absolute atomic E-state index is 11.4. The van der Waals surface area contributed by atoms with Crippen LogP contribution in [0.15, 0.2) is 53.7 Å². The van der Waals surface area contributed by atoms with Crippen LogP contribution in [-0.4, -0.2) is 32.8 Å². The summed E-state index contributed by atoms with van der Waals surface area (Å²) in [7, 11) is 0. The van der Waals surface area contributed by atoms with Gasteiger partial charge in [0, 0.05) is 16.2 Å². The zero-order chi connectivity index (χ0) is 20.1. The van der Waals surface area contributed by atoms with Crippen molar-refractivity contribution in [3.8, 4) is 11.4 Å². The van der Waals surface area contributed by atoms with Gasteiger partial charge in [-0.2, -0.15) is 0 Å². The van der Waals surface area contributed by atoms with Crippen molar-refractivity contribution >= 4 is 11.8 Å². The van der Waals surface area contributed by atoms with Crippen LogP contribution >= 0.6 is 11.8 Å². The summed E-state index contributed by atoms with van der Waals surface area (Å²) in [5.41, 5.74) is 2.83. The second-order valence-electron chi connectivity index (χ2n) is 6.30. The molecule has 2 aromatic carbocycles. The Kier molecular flexibility index (Phi) is 6.30. The first-order valence-electron chi connectivity index (χ1n) is 8.98. The van der Waals surface area contributed by atoms with Crippen LogP contribution in [0.3, 0.4) is 0 Å². The highest BCUT2D eigenvalue weighted by atomic mass is 32.2. The van der Waals surface area contributed by atoms with Crippen molar-refractivity contribution in [3.05, 3.63) is 75.6 Å². The van der Waals surface area contributed by atoms with E-state index in [1.54, 1.807) is 0 Å². The third-order valence-electron chi connectivity index (χ3n) is 4.18. The standard InChI is InChI=1S/C20H22N4O3S/c1-4-27-18-11-6-5-10-17(18)19(13-23(25)26)28-20-22-21-15(3)24(20)16-9-7-8-14(2)12-16/h5-12,19H,4,13H2,1-3H3/t19-/m0/s1. The minimum Gasteiger partial charge on any atom is -0.494 e. The van der Waals surface area contributed by atoms with Crippen LogP contribution in [0.25, 0.3) is 5.69 Å². The number of thioether (sulfide) groups is 1. The van der Waals surface area contributed by atoms with E-state index in [4.69, 9.17) is 4.74 Å². The number of hydrogen-bond donors (Lipinski definition) is 0. The summed E-state index contributed by atoms with van der Waals surface area (Å²) < 4.78 is 7.62.